The van der Waals surface area contributed by atoms with Gasteiger partial charge in [0.1, 0.15) is 0 Å². The molecule has 3 heterocycles. The van der Waals surface area contributed by atoms with E-state index in [9.17, 15) is 0 Å². The lowest BCUT2D eigenvalue weighted by Crippen LogP contribution is -2.25. The van der Waals surface area contributed by atoms with Gasteiger partial charge in [-0.05, 0) is 78.7 Å². The topological polar surface area (TPSA) is 51.6 Å². The third-order valence-corrected chi connectivity index (χ3v) is 12.3. The average Bonchev–Trinajstić information content (AvgIpc) is 3.79. The van der Waals surface area contributed by atoms with E-state index in [2.05, 4.69) is 186 Å². The Morgan fingerprint density at radius 1 is 0.339 bits per heavy atom. The van der Waals surface area contributed by atoms with Gasteiger partial charge in [-0.25, -0.2) is 9.97 Å². The number of hydrogen-bond donors (Lipinski definition) is 0. The van der Waals surface area contributed by atoms with Crippen LogP contribution in [-0.2, 0) is 5.41 Å². The van der Waals surface area contributed by atoms with E-state index in [0.717, 1.165) is 55.7 Å². The monoisotopic (exact) mass is 750 g/mol. The number of aromatic nitrogens is 4. The van der Waals surface area contributed by atoms with Crippen molar-refractivity contribution in [2.75, 3.05) is 0 Å². The number of fused-ring (bicyclic) bond motifs is 11. The summed E-state index contributed by atoms with van der Waals surface area (Å²) in [5.41, 5.74) is 18.9. The first-order valence-electron chi connectivity index (χ1n) is 20.0. The molecule has 59 heavy (non-hydrogen) atoms. The Labute approximate surface area is 342 Å². The summed E-state index contributed by atoms with van der Waals surface area (Å²) in [6.07, 6.45) is 7.58. The van der Waals surface area contributed by atoms with Gasteiger partial charge >= 0.3 is 0 Å². The van der Waals surface area contributed by atoms with Gasteiger partial charge in [0, 0.05) is 52.4 Å². The molecule has 4 nitrogen and oxygen atoms in total. The highest BCUT2D eigenvalue weighted by Crippen LogP contribution is 2.63. The SMILES string of the molecule is c1cncc(-c2ccc(-c3cc(-c4ccc(-c5cncc6ccccc56)cc4)nc(-c4cccc5c4-c4ccccc4C54c5ccccc5-c5ccccc54)n3)cc2)c1. The highest BCUT2D eigenvalue weighted by atomic mass is 14.9. The molecular weight excluding hydrogens is 717 g/mol. The molecule has 0 unspecified atom stereocenters. The molecule has 1 spiro atoms. The second kappa shape index (κ2) is 13.1. The first kappa shape index (κ1) is 33.3. The minimum atomic E-state index is -0.454. The molecule has 0 saturated heterocycles. The number of nitrogens with zero attached hydrogens (tertiary/aromatic N) is 4. The fourth-order valence-corrected chi connectivity index (χ4v) is 9.73. The zero-order valence-corrected chi connectivity index (χ0v) is 31.9. The second-order valence-electron chi connectivity index (χ2n) is 15.4. The van der Waals surface area contributed by atoms with Crippen molar-refractivity contribution in [3.8, 4) is 78.4 Å². The molecule has 2 aliphatic rings. The maximum atomic E-state index is 5.44. The summed E-state index contributed by atoms with van der Waals surface area (Å²) < 4.78 is 0. The van der Waals surface area contributed by atoms with Gasteiger partial charge in [0.2, 0.25) is 0 Å². The van der Waals surface area contributed by atoms with Crippen LogP contribution in [0.3, 0.4) is 0 Å². The summed E-state index contributed by atoms with van der Waals surface area (Å²) in [5.74, 6) is 0.694. The Bertz CT molecular complexity index is 3210. The van der Waals surface area contributed by atoms with Crippen molar-refractivity contribution in [2.45, 2.75) is 5.41 Å². The lowest BCUT2D eigenvalue weighted by Gasteiger charge is -2.30. The Hall–Kier alpha value is -7.82. The van der Waals surface area contributed by atoms with E-state index < -0.39 is 5.41 Å². The summed E-state index contributed by atoms with van der Waals surface area (Å²) in [7, 11) is 0. The molecule has 274 valence electrons. The highest BCUT2D eigenvalue weighted by Gasteiger charge is 2.52. The fraction of sp³-hybridized carbons (Fsp3) is 0.0182. The first-order chi connectivity index (χ1) is 29.3. The van der Waals surface area contributed by atoms with E-state index in [1.807, 2.05) is 24.7 Å². The zero-order valence-electron chi connectivity index (χ0n) is 31.9. The van der Waals surface area contributed by atoms with Crippen molar-refractivity contribution in [3.63, 3.8) is 0 Å². The molecule has 0 saturated carbocycles. The van der Waals surface area contributed by atoms with Gasteiger partial charge in [0.25, 0.3) is 0 Å². The molecule has 3 aromatic heterocycles. The van der Waals surface area contributed by atoms with Crippen LogP contribution in [0.5, 0.6) is 0 Å². The molecule has 10 aromatic rings. The van der Waals surface area contributed by atoms with E-state index in [1.54, 1.807) is 6.20 Å². The summed E-state index contributed by atoms with van der Waals surface area (Å²) in [4.78, 5) is 19.8. The van der Waals surface area contributed by atoms with Crippen LogP contribution in [0.4, 0.5) is 0 Å². The van der Waals surface area contributed by atoms with Gasteiger partial charge in [-0.1, -0.05) is 170 Å². The predicted octanol–water partition coefficient (Wildman–Crippen LogP) is 13.1. The molecule has 0 amide bonds. The van der Waals surface area contributed by atoms with Gasteiger partial charge in [-0.3, -0.25) is 9.97 Å². The highest BCUT2D eigenvalue weighted by molar-refractivity contribution is 6.00. The number of pyridine rings is 2. The van der Waals surface area contributed by atoms with Gasteiger partial charge in [-0.2, -0.15) is 0 Å². The van der Waals surface area contributed by atoms with Crippen LogP contribution in [0, 0.1) is 0 Å². The van der Waals surface area contributed by atoms with Gasteiger partial charge in [0.05, 0.1) is 16.8 Å². The first-order valence-corrected chi connectivity index (χ1v) is 20.0. The van der Waals surface area contributed by atoms with E-state index in [0.29, 0.717) is 5.82 Å². The molecule has 0 fully saturated rings. The Kier molecular flexibility index (Phi) is 7.41. The number of benzene rings is 7. The molecular formula is C55H34N4. The van der Waals surface area contributed by atoms with Crippen LogP contribution in [0.25, 0.3) is 89.2 Å². The molecule has 0 radical (unpaired) electrons. The van der Waals surface area contributed by atoms with Crippen molar-refractivity contribution in [1.82, 2.24) is 19.9 Å². The summed E-state index contributed by atoms with van der Waals surface area (Å²) in [5, 5.41) is 2.30. The number of hydrogen-bond acceptors (Lipinski definition) is 4. The molecule has 0 aliphatic heterocycles. The Morgan fingerprint density at radius 3 is 1.58 bits per heavy atom. The molecule has 0 N–H and O–H groups in total. The summed E-state index contributed by atoms with van der Waals surface area (Å²) in [6.45, 7) is 0. The molecule has 0 bridgehead atoms. The van der Waals surface area contributed by atoms with Crippen LogP contribution in [-0.4, -0.2) is 19.9 Å². The Balaban J connectivity index is 1.06. The van der Waals surface area contributed by atoms with Crippen LogP contribution < -0.4 is 0 Å². The largest absolute Gasteiger partial charge is 0.264 e. The van der Waals surface area contributed by atoms with E-state index in [4.69, 9.17) is 9.97 Å². The van der Waals surface area contributed by atoms with Crippen LogP contribution in [0.1, 0.15) is 22.3 Å². The van der Waals surface area contributed by atoms with Crippen molar-refractivity contribution < 1.29 is 0 Å². The maximum Gasteiger partial charge on any atom is 0.161 e. The average molecular weight is 751 g/mol. The zero-order chi connectivity index (χ0) is 38.9. The fourth-order valence-electron chi connectivity index (χ4n) is 9.73. The van der Waals surface area contributed by atoms with Crippen LogP contribution >= 0.6 is 0 Å². The van der Waals surface area contributed by atoms with Crippen molar-refractivity contribution >= 4 is 10.8 Å². The quantitative estimate of drug-likeness (QED) is 0.176. The number of rotatable bonds is 5. The standard InChI is InChI=1S/C55H34N4/c1-2-13-41-40(11-1)33-57-34-46(41)36-24-28-38(29-25-36)52-31-51(37-26-22-35(23-27-37)39-12-10-30-56-32-39)58-54(59-52)45-17-9-21-50-53(45)44-16-5-8-20-49(44)55(50)47-18-6-3-14-42(47)43-15-4-7-19-48(43)55/h1-34H. The summed E-state index contributed by atoms with van der Waals surface area (Å²) >= 11 is 0. The third-order valence-electron chi connectivity index (χ3n) is 12.3. The van der Waals surface area contributed by atoms with E-state index in [1.165, 1.54) is 49.9 Å². The minimum absolute atomic E-state index is 0.454. The minimum Gasteiger partial charge on any atom is -0.264 e. The normalized spacial score (nSPS) is 12.9. The van der Waals surface area contributed by atoms with Gasteiger partial charge in [-0.15, -0.1) is 0 Å². The lowest BCUT2D eigenvalue weighted by atomic mass is 9.70. The molecule has 12 rings (SSSR count). The predicted molar refractivity (Wildman–Crippen MR) is 239 cm³/mol. The second-order valence-corrected chi connectivity index (χ2v) is 15.4. The van der Waals surface area contributed by atoms with E-state index >= 15 is 0 Å². The maximum absolute atomic E-state index is 5.44. The van der Waals surface area contributed by atoms with Gasteiger partial charge < -0.3 is 0 Å². The van der Waals surface area contributed by atoms with Crippen LogP contribution in [0.2, 0.25) is 0 Å². The molecule has 0 atom stereocenters. The van der Waals surface area contributed by atoms with Gasteiger partial charge in [0.15, 0.2) is 5.82 Å². The smallest absolute Gasteiger partial charge is 0.161 e. The van der Waals surface area contributed by atoms with Crippen LogP contribution in [0.15, 0.2) is 207 Å². The Morgan fingerprint density at radius 2 is 0.898 bits per heavy atom. The molecule has 4 heteroatoms. The summed E-state index contributed by atoms with van der Waals surface area (Å²) in [6, 6.07) is 65.4. The lowest BCUT2D eigenvalue weighted by molar-refractivity contribution is 0.794. The van der Waals surface area contributed by atoms with E-state index in [-0.39, 0.29) is 0 Å². The van der Waals surface area contributed by atoms with Crippen molar-refractivity contribution in [1.29, 1.82) is 0 Å². The van der Waals surface area contributed by atoms with Crippen molar-refractivity contribution in [2.24, 2.45) is 0 Å². The molecule has 7 aromatic carbocycles. The third kappa shape index (κ3) is 5.03. The molecule has 2 aliphatic carbocycles. The van der Waals surface area contributed by atoms with Crippen molar-refractivity contribution in [3.05, 3.63) is 229 Å².